The normalized spacial score (nSPS) is 17.1. The molecule has 0 N–H and O–H groups in total. The van der Waals surface area contributed by atoms with Crippen LogP contribution in [0.3, 0.4) is 0 Å². The van der Waals surface area contributed by atoms with E-state index in [1.54, 1.807) is 24.2 Å². The molecular formula is C21H24N2O3. The maximum absolute atomic E-state index is 12.7. The van der Waals surface area contributed by atoms with Gasteiger partial charge in [-0.1, -0.05) is 30.3 Å². The molecule has 5 nitrogen and oxygen atoms in total. The molecule has 0 bridgehead atoms. The lowest BCUT2D eigenvalue weighted by molar-refractivity contribution is -0.124. The molecule has 0 unspecified atom stereocenters. The fourth-order valence-corrected chi connectivity index (χ4v) is 3.40. The number of piperidine rings is 1. The average Bonchev–Trinajstić information content (AvgIpc) is 2.68. The first-order valence-corrected chi connectivity index (χ1v) is 9.07. The third-order valence-corrected chi connectivity index (χ3v) is 5.02. The maximum Gasteiger partial charge on any atom is 0.254 e. The van der Waals surface area contributed by atoms with E-state index in [0.29, 0.717) is 25.1 Å². The van der Waals surface area contributed by atoms with Gasteiger partial charge in [0.15, 0.2) is 0 Å². The number of hydrogen-bond donors (Lipinski definition) is 0. The number of rotatable bonds is 5. The van der Waals surface area contributed by atoms with Crippen LogP contribution in [0, 0.1) is 5.92 Å². The van der Waals surface area contributed by atoms with Gasteiger partial charge in [0, 0.05) is 50.3 Å². The van der Waals surface area contributed by atoms with E-state index >= 15 is 0 Å². The van der Waals surface area contributed by atoms with Crippen LogP contribution in [-0.2, 0) is 18.3 Å². The summed E-state index contributed by atoms with van der Waals surface area (Å²) in [6, 6.07) is 13.0. The van der Waals surface area contributed by atoms with Crippen molar-refractivity contribution in [2.75, 3.05) is 13.1 Å². The number of Topliss-reactive ketones (excluding diaryl/α,β-unsaturated/α-hetero) is 1. The minimum absolute atomic E-state index is 0.108. The lowest BCUT2D eigenvalue weighted by atomic mass is 9.90. The fourth-order valence-electron chi connectivity index (χ4n) is 3.40. The number of amides is 1. The topological polar surface area (TPSA) is 59.4 Å². The smallest absolute Gasteiger partial charge is 0.254 e. The molecule has 1 atom stereocenters. The van der Waals surface area contributed by atoms with E-state index in [4.69, 9.17) is 0 Å². The third kappa shape index (κ3) is 4.28. The lowest BCUT2D eigenvalue weighted by Crippen LogP contribution is -2.42. The molecule has 2 heterocycles. The number of nitrogens with zero attached hydrogens (tertiary/aromatic N) is 2. The summed E-state index contributed by atoms with van der Waals surface area (Å²) in [4.78, 5) is 38.7. The molecular weight excluding hydrogens is 328 g/mol. The number of ketones is 1. The van der Waals surface area contributed by atoms with E-state index in [2.05, 4.69) is 0 Å². The second kappa shape index (κ2) is 8.13. The van der Waals surface area contributed by atoms with E-state index in [1.165, 1.54) is 10.6 Å². The Morgan fingerprint density at radius 1 is 1.15 bits per heavy atom. The van der Waals surface area contributed by atoms with E-state index < -0.39 is 0 Å². The molecule has 1 amide bonds. The zero-order chi connectivity index (χ0) is 18.5. The van der Waals surface area contributed by atoms with Crippen LogP contribution < -0.4 is 5.56 Å². The van der Waals surface area contributed by atoms with Gasteiger partial charge in [-0.2, -0.15) is 0 Å². The number of carbonyl (C=O) groups is 2. The Kier molecular flexibility index (Phi) is 5.66. The second-order valence-electron chi connectivity index (χ2n) is 6.91. The van der Waals surface area contributed by atoms with Crippen molar-refractivity contribution >= 4 is 11.7 Å². The molecule has 136 valence electrons. The molecule has 0 radical (unpaired) electrons. The summed E-state index contributed by atoms with van der Waals surface area (Å²) < 4.78 is 1.43. The van der Waals surface area contributed by atoms with Crippen molar-refractivity contribution in [2.24, 2.45) is 13.0 Å². The first-order chi connectivity index (χ1) is 12.5. The van der Waals surface area contributed by atoms with Gasteiger partial charge in [0.05, 0.1) is 0 Å². The Hall–Kier alpha value is -2.69. The van der Waals surface area contributed by atoms with Crippen LogP contribution >= 0.6 is 0 Å². The van der Waals surface area contributed by atoms with Gasteiger partial charge in [0.2, 0.25) is 0 Å². The zero-order valence-electron chi connectivity index (χ0n) is 15.1. The van der Waals surface area contributed by atoms with Crippen molar-refractivity contribution in [3.05, 3.63) is 70.1 Å². The van der Waals surface area contributed by atoms with Crippen molar-refractivity contribution in [1.29, 1.82) is 0 Å². The van der Waals surface area contributed by atoms with Crippen LogP contribution in [0.5, 0.6) is 0 Å². The van der Waals surface area contributed by atoms with Crippen LogP contribution in [0.25, 0.3) is 0 Å². The monoisotopic (exact) mass is 352 g/mol. The molecule has 2 aromatic rings. The van der Waals surface area contributed by atoms with Gasteiger partial charge in [0.25, 0.3) is 11.5 Å². The number of pyridine rings is 1. The quantitative estimate of drug-likeness (QED) is 0.830. The number of aryl methyl sites for hydroxylation is 2. The predicted octanol–water partition coefficient (Wildman–Crippen LogP) is 2.44. The number of aromatic nitrogens is 1. The van der Waals surface area contributed by atoms with Gasteiger partial charge in [-0.3, -0.25) is 14.4 Å². The molecule has 1 aliphatic rings. The summed E-state index contributed by atoms with van der Waals surface area (Å²) in [5, 5.41) is 0. The van der Waals surface area contributed by atoms with E-state index in [-0.39, 0.29) is 23.2 Å². The molecule has 1 saturated heterocycles. The minimum Gasteiger partial charge on any atom is -0.338 e. The van der Waals surface area contributed by atoms with Crippen LogP contribution in [-0.4, -0.2) is 34.2 Å². The second-order valence-corrected chi connectivity index (χ2v) is 6.91. The van der Waals surface area contributed by atoms with Gasteiger partial charge in [-0.05, 0) is 30.9 Å². The molecule has 1 fully saturated rings. The number of benzene rings is 1. The van der Waals surface area contributed by atoms with Crippen molar-refractivity contribution in [2.45, 2.75) is 25.7 Å². The Bertz CT molecular complexity index is 842. The molecule has 1 aliphatic heterocycles. The Morgan fingerprint density at radius 3 is 2.65 bits per heavy atom. The summed E-state index contributed by atoms with van der Waals surface area (Å²) in [5.74, 6) is -0.0541. The van der Waals surface area contributed by atoms with Gasteiger partial charge in [-0.15, -0.1) is 0 Å². The highest BCUT2D eigenvalue weighted by Gasteiger charge is 2.28. The van der Waals surface area contributed by atoms with Crippen molar-refractivity contribution in [3.8, 4) is 0 Å². The predicted molar refractivity (Wildman–Crippen MR) is 100 cm³/mol. The van der Waals surface area contributed by atoms with Crippen molar-refractivity contribution in [3.63, 3.8) is 0 Å². The molecule has 0 saturated carbocycles. The first-order valence-electron chi connectivity index (χ1n) is 9.07. The fraction of sp³-hybridized carbons (Fsp3) is 0.381. The maximum atomic E-state index is 12.7. The Morgan fingerprint density at radius 2 is 1.92 bits per heavy atom. The molecule has 3 rings (SSSR count). The summed E-state index contributed by atoms with van der Waals surface area (Å²) in [5.41, 5.74) is 1.35. The first kappa shape index (κ1) is 18.1. The summed E-state index contributed by atoms with van der Waals surface area (Å²) >= 11 is 0. The van der Waals surface area contributed by atoms with Gasteiger partial charge in [0.1, 0.15) is 5.78 Å². The van der Waals surface area contributed by atoms with Crippen LogP contribution in [0.2, 0.25) is 0 Å². The average molecular weight is 352 g/mol. The zero-order valence-corrected chi connectivity index (χ0v) is 15.1. The van der Waals surface area contributed by atoms with Crippen molar-refractivity contribution in [1.82, 2.24) is 9.47 Å². The minimum atomic E-state index is -0.205. The van der Waals surface area contributed by atoms with Gasteiger partial charge >= 0.3 is 0 Å². The Balaban J connectivity index is 1.61. The lowest BCUT2D eigenvalue weighted by Gasteiger charge is -2.32. The van der Waals surface area contributed by atoms with E-state index in [1.807, 2.05) is 30.3 Å². The highest BCUT2D eigenvalue weighted by molar-refractivity contribution is 5.94. The van der Waals surface area contributed by atoms with Gasteiger partial charge in [-0.25, -0.2) is 0 Å². The standard InChI is InChI=1S/C21H24N2O3/c1-22-13-11-17(14-20(22)25)21(26)23-12-5-8-18(15-23)19(24)10-9-16-6-3-2-4-7-16/h2-4,6-7,11,13-14,18H,5,8-10,12,15H2,1H3/t18-/m1/s1. The van der Waals surface area contributed by atoms with Crippen molar-refractivity contribution < 1.29 is 9.59 Å². The van der Waals surface area contributed by atoms with Gasteiger partial charge < -0.3 is 9.47 Å². The number of carbonyl (C=O) groups excluding carboxylic acids is 2. The molecule has 5 heteroatoms. The molecule has 1 aromatic carbocycles. The van der Waals surface area contributed by atoms with Crippen LogP contribution in [0.4, 0.5) is 0 Å². The third-order valence-electron chi connectivity index (χ3n) is 5.02. The molecule has 26 heavy (non-hydrogen) atoms. The Labute approximate surface area is 153 Å². The summed E-state index contributed by atoms with van der Waals surface area (Å²) in [7, 11) is 1.65. The molecule has 1 aromatic heterocycles. The number of hydrogen-bond acceptors (Lipinski definition) is 3. The molecule has 0 aliphatic carbocycles. The SMILES string of the molecule is Cn1ccc(C(=O)N2CCC[C@@H](C(=O)CCc3ccccc3)C2)cc1=O. The number of likely N-dealkylation sites (tertiary alicyclic amines) is 1. The van der Waals surface area contributed by atoms with Crippen LogP contribution in [0.15, 0.2) is 53.5 Å². The highest BCUT2D eigenvalue weighted by Crippen LogP contribution is 2.21. The summed E-state index contributed by atoms with van der Waals surface area (Å²) in [6.07, 6.45) is 4.48. The van der Waals surface area contributed by atoms with E-state index in [9.17, 15) is 14.4 Å². The summed E-state index contributed by atoms with van der Waals surface area (Å²) in [6.45, 7) is 1.08. The van der Waals surface area contributed by atoms with E-state index in [0.717, 1.165) is 24.8 Å². The van der Waals surface area contributed by atoms with Crippen LogP contribution in [0.1, 0.15) is 35.2 Å². The largest absolute Gasteiger partial charge is 0.338 e. The highest BCUT2D eigenvalue weighted by atomic mass is 16.2. The molecule has 0 spiro atoms.